The van der Waals surface area contributed by atoms with E-state index in [9.17, 15) is 22.0 Å². The van der Waals surface area contributed by atoms with E-state index >= 15 is 0 Å². The standard InChI is InChI=1S/C14H12F5N3O/c15-13(16)4-3-9(6-13)12-21-11(22-23-12)5-8-1-2-10(20-7-8)14(17,18)19/h1-2,7,9H,3-6H2. The molecule has 1 aliphatic rings. The second-order valence-electron chi connectivity index (χ2n) is 5.57. The van der Waals surface area contributed by atoms with Crippen LogP contribution < -0.4 is 0 Å². The van der Waals surface area contributed by atoms with Crippen LogP contribution in [-0.2, 0) is 12.6 Å². The Labute approximate surface area is 127 Å². The van der Waals surface area contributed by atoms with Crippen molar-refractivity contribution in [3.8, 4) is 0 Å². The van der Waals surface area contributed by atoms with Crippen LogP contribution in [0.5, 0.6) is 0 Å². The Hall–Kier alpha value is -2.06. The van der Waals surface area contributed by atoms with Gasteiger partial charge in [-0.2, -0.15) is 18.2 Å². The van der Waals surface area contributed by atoms with Crippen LogP contribution in [0.3, 0.4) is 0 Å². The molecule has 1 unspecified atom stereocenters. The molecule has 0 bridgehead atoms. The highest BCUT2D eigenvalue weighted by atomic mass is 19.4. The molecule has 1 aliphatic carbocycles. The number of halogens is 5. The molecule has 0 saturated heterocycles. The molecular formula is C14H12F5N3O. The van der Waals surface area contributed by atoms with Gasteiger partial charge in [0.25, 0.3) is 0 Å². The van der Waals surface area contributed by atoms with Crippen LogP contribution in [0.4, 0.5) is 22.0 Å². The molecule has 0 aromatic carbocycles. The largest absolute Gasteiger partial charge is 0.433 e. The summed E-state index contributed by atoms with van der Waals surface area (Å²) in [5.41, 5.74) is -0.509. The van der Waals surface area contributed by atoms with Crippen LogP contribution in [-0.4, -0.2) is 21.0 Å². The summed E-state index contributed by atoms with van der Waals surface area (Å²) >= 11 is 0. The van der Waals surface area contributed by atoms with Gasteiger partial charge in [0.1, 0.15) is 5.69 Å². The average Bonchev–Trinajstić information content (AvgIpc) is 3.05. The molecule has 0 radical (unpaired) electrons. The summed E-state index contributed by atoms with van der Waals surface area (Å²) in [6.07, 6.45) is -3.54. The van der Waals surface area contributed by atoms with Crippen LogP contribution in [0, 0.1) is 0 Å². The molecule has 1 atom stereocenters. The van der Waals surface area contributed by atoms with E-state index in [1.54, 1.807) is 0 Å². The molecule has 0 aliphatic heterocycles. The zero-order chi connectivity index (χ0) is 16.7. The highest BCUT2D eigenvalue weighted by Crippen LogP contribution is 2.43. The maximum absolute atomic E-state index is 13.2. The van der Waals surface area contributed by atoms with Crippen LogP contribution in [0.2, 0.25) is 0 Å². The number of alkyl halides is 5. The van der Waals surface area contributed by atoms with E-state index in [-0.39, 0.29) is 37.4 Å². The van der Waals surface area contributed by atoms with Gasteiger partial charge in [-0.1, -0.05) is 11.2 Å². The first-order chi connectivity index (χ1) is 10.7. The van der Waals surface area contributed by atoms with Crippen LogP contribution in [0.1, 0.15) is 48.2 Å². The SMILES string of the molecule is FC1(F)CCC(c2nc(Cc3ccc(C(F)(F)F)nc3)no2)C1. The first kappa shape index (κ1) is 15.8. The number of hydrogen-bond acceptors (Lipinski definition) is 4. The first-order valence-corrected chi connectivity index (χ1v) is 6.95. The molecule has 2 aromatic rings. The average molecular weight is 333 g/mol. The minimum Gasteiger partial charge on any atom is -0.339 e. The lowest BCUT2D eigenvalue weighted by Crippen LogP contribution is -2.09. The van der Waals surface area contributed by atoms with Gasteiger partial charge < -0.3 is 4.52 Å². The zero-order valence-electron chi connectivity index (χ0n) is 11.8. The highest BCUT2D eigenvalue weighted by molar-refractivity contribution is 5.19. The maximum Gasteiger partial charge on any atom is 0.433 e. The van der Waals surface area contributed by atoms with Crippen LogP contribution in [0.15, 0.2) is 22.9 Å². The molecule has 3 rings (SSSR count). The summed E-state index contributed by atoms with van der Waals surface area (Å²) in [6.45, 7) is 0. The summed E-state index contributed by atoms with van der Waals surface area (Å²) in [5.74, 6) is -2.80. The highest BCUT2D eigenvalue weighted by Gasteiger charge is 2.42. The van der Waals surface area contributed by atoms with Crippen molar-refractivity contribution in [3.63, 3.8) is 0 Å². The summed E-state index contributed by atoms with van der Waals surface area (Å²) in [4.78, 5) is 7.40. The van der Waals surface area contributed by atoms with Crippen molar-refractivity contribution in [1.29, 1.82) is 0 Å². The van der Waals surface area contributed by atoms with Gasteiger partial charge >= 0.3 is 6.18 Å². The quantitative estimate of drug-likeness (QED) is 0.798. The summed E-state index contributed by atoms with van der Waals surface area (Å²) in [7, 11) is 0. The predicted octanol–water partition coefficient (Wildman–Crippen LogP) is 3.98. The molecule has 0 spiro atoms. The van der Waals surface area contributed by atoms with Gasteiger partial charge in [-0.25, -0.2) is 8.78 Å². The second kappa shape index (κ2) is 5.54. The Bertz CT molecular complexity index is 680. The fraction of sp³-hybridized carbons (Fsp3) is 0.500. The molecule has 1 saturated carbocycles. The van der Waals surface area contributed by atoms with E-state index in [1.807, 2.05) is 0 Å². The Balaban J connectivity index is 1.67. The molecule has 1 fully saturated rings. The van der Waals surface area contributed by atoms with Crippen molar-refractivity contribution in [2.45, 2.75) is 43.7 Å². The second-order valence-corrected chi connectivity index (χ2v) is 5.57. The number of hydrogen-bond donors (Lipinski definition) is 0. The third-order valence-electron chi connectivity index (χ3n) is 3.71. The van der Waals surface area contributed by atoms with Crippen molar-refractivity contribution in [3.05, 3.63) is 41.3 Å². The van der Waals surface area contributed by atoms with E-state index in [0.717, 1.165) is 12.3 Å². The third-order valence-corrected chi connectivity index (χ3v) is 3.71. The summed E-state index contributed by atoms with van der Waals surface area (Å²) in [6, 6.07) is 2.14. The van der Waals surface area contributed by atoms with Gasteiger partial charge in [-0.05, 0) is 18.1 Å². The Morgan fingerprint density at radius 2 is 2.04 bits per heavy atom. The van der Waals surface area contributed by atoms with Crippen molar-refractivity contribution < 1.29 is 26.5 Å². The lowest BCUT2D eigenvalue weighted by molar-refractivity contribution is -0.141. The first-order valence-electron chi connectivity index (χ1n) is 6.95. The number of aromatic nitrogens is 3. The molecule has 0 amide bonds. The molecule has 2 aromatic heterocycles. The van der Waals surface area contributed by atoms with Crippen LogP contribution in [0.25, 0.3) is 0 Å². The number of nitrogens with zero attached hydrogens (tertiary/aromatic N) is 3. The van der Waals surface area contributed by atoms with Gasteiger partial charge in [0.15, 0.2) is 5.82 Å². The minimum atomic E-state index is -4.49. The Morgan fingerprint density at radius 3 is 2.61 bits per heavy atom. The zero-order valence-corrected chi connectivity index (χ0v) is 11.8. The topological polar surface area (TPSA) is 51.8 Å². The Morgan fingerprint density at radius 1 is 1.26 bits per heavy atom. The third kappa shape index (κ3) is 3.65. The monoisotopic (exact) mass is 333 g/mol. The summed E-state index contributed by atoms with van der Waals surface area (Å²) in [5, 5.41) is 3.69. The molecule has 9 heteroatoms. The molecule has 2 heterocycles. The van der Waals surface area contributed by atoms with E-state index in [4.69, 9.17) is 4.52 Å². The molecular weight excluding hydrogens is 321 g/mol. The normalized spacial score (nSPS) is 20.8. The van der Waals surface area contributed by atoms with E-state index in [2.05, 4.69) is 15.1 Å². The van der Waals surface area contributed by atoms with E-state index in [0.29, 0.717) is 5.56 Å². The van der Waals surface area contributed by atoms with Crippen molar-refractivity contribution >= 4 is 0 Å². The van der Waals surface area contributed by atoms with Gasteiger partial charge in [-0.15, -0.1) is 0 Å². The van der Waals surface area contributed by atoms with Crippen LogP contribution >= 0.6 is 0 Å². The molecule has 4 nitrogen and oxygen atoms in total. The maximum atomic E-state index is 13.2. The van der Waals surface area contributed by atoms with Gasteiger partial charge in [0, 0.05) is 31.4 Å². The predicted molar refractivity (Wildman–Crippen MR) is 67.9 cm³/mol. The number of rotatable bonds is 3. The van der Waals surface area contributed by atoms with Gasteiger partial charge in [0.2, 0.25) is 11.8 Å². The van der Waals surface area contributed by atoms with Gasteiger partial charge in [-0.3, -0.25) is 4.98 Å². The Kier molecular flexibility index (Phi) is 3.81. The fourth-order valence-corrected chi connectivity index (χ4v) is 2.55. The lowest BCUT2D eigenvalue weighted by Gasteiger charge is -2.06. The number of pyridine rings is 1. The van der Waals surface area contributed by atoms with E-state index < -0.39 is 23.7 Å². The smallest absolute Gasteiger partial charge is 0.339 e. The molecule has 0 N–H and O–H groups in total. The summed E-state index contributed by atoms with van der Waals surface area (Å²) < 4.78 is 68.6. The fourth-order valence-electron chi connectivity index (χ4n) is 2.55. The minimum absolute atomic E-state index is 0.123. The lowest BCUT2D eigenvalue weighted by atomic mass is 10.1. The van der Waals surface area contributed by atoms with Crippen molar-refractivity contribution in [1.82, 2.24) is 15.1 Å². The molecule has 124 valence electrons. The van der Waals surface area contributed by atoms with E-state index in [1.165, 1.54) is 6.07 Å². The van der Waals surface area contributed by atoms with Gasteiger partial charge in [0.05, 0.1) is 0 Å². The molecule has 23 heavy (non-hydrogen) atoms. The van der Waals surface area contributed by atoms with Crippen molar-refractivity contribution in [2.75, 3.05) is 0 Å². The van der Waals surface area contributed by atoms with Crippen molar-refractivity contribution in [2.24, 2.45) is 0 Å².